The molecule has 230 valence electrons. The molecule has 0 bridgehead atoms. The first-order valence-electron chi connectivity index (χ1n) is 14.7. The molecule has 6 rings (SSSR count). The van der Waals surface area contributed by atoms with Gasteiger partial charge in [-0.1, -0.05) is 18.2 Å². The summed E-state index contributed by atoms with van der Waals surface area (Å²) >= 11 is 0. The zero-order chi connectivity index (χ0) is 31.5. The van der Waals surface area contributed by atoms with Gasteiger partial charge in [0.2, 0.25) is 0 Å². The number of aryl methyl sites for hydroxylation is 1. The number of halogens is 4. The number of hydrogen-bond acceptors (Lipinski definition) is 4. The van der Waals surface area contributed by atoms with Gasteiger partial charge in [0.25, 0.3) is 0 Å². The molecule has 1 fully saturated rings. The summed E-state index contributed by atoms with van der Waals surface area (Å²) in [5, 5.41) is 3.58. The van der Waals surface area contributed by atoms with Crippen molar-refractivity contribution in [3.63, 3.8) is 0 Å². The minimum Gasteiger partial charge on any atom is -0.368 e. The van der Waals surface area contributed by atoms with Crippen molar-refractivity contribution >= 4 is 39.7 Å². The van der Waals surface area contributed by atoms with E-state index in [1.165, 1.54) is 5.69 Å². The van der Waals surface area contributed by atoms with Crippen molar-refractivity contribution in [2.75, 3.05) is 47.8 Å². The van der Waals surface area contributed by atoms with E-state index < -0.39 is 29.3 Å². The van der Waals surface area contributed by atoms with Crippen molar-refractivity contribution in [2.24, 2.45) is 0 Å². The molecule has 1 aromatic heterocycles. The Morgan fingerprint density at radius 3 is 2.16 bits per heavy atom. The van der Waals surface area contributed by atoms with Crippen molar-refractivity contribution in [3.8, 4) is 0 Å². The summed E-state index contributed by atoms with van der Waals surface area (Å²) in [5.41, 5.74) is 4.20. The number of pyridine rings is 1. The molecule has 0 unspecified atom stereocenters. The predicted molar refractivity (Wildman–Crippen MR) is 169 cm³/mol. The van der Waals surface area contributed by atoms with Crippen LogP contribution in [0.2, 0.25) is 0 Å². The molecule has 1 aliphatic rings. The van der Waals surface area contributed by atoms with Gasteiger partial charge in [-0.3, -0.25) is 14.8 Å². The number of fused-ring (bicyclic) bond motifs is 1. The Morgan fingerprint density at radius 2 is 1.44 bits per heavy atom. The van der Waals surface area contributed by atoms with Gasteiger partial charge in [0.05, 0.1) is 16.9 Å². The number of aromatic nitrogens is 1. The molecule has 2 heterocycles. The van der Waals surface area contributed by atoms with Crippen LogP contribution < -0.4 is 15.1 Å². The first-order chi connectivity index (χ1) is 21.7. The molecule has 4 aromatic carbocycles. The minimum atomic E-state index is -0.874. The summed E-state index contributed by atoms with van der Waals surface area (Å²) < 4.78 is 56.0. The number of carbonyl (C=O) groups is 1. The highest BCUT2D eigenvalue weighted by atomic mass is 19.1. The van der Waals surface area contributed by atoms with Crippen molar-refractivity contribution < 1.29 is 22.4 Å². The molecule has 1 N–H and O–H groups in total. The molecule has 1 saturated heterocycles. The molecule has 5 aromatic rings. The van der Waals surface area contributed by atoms with Gasteiger partial charge in [0, 0.05) is 67.3 Å². The number of anilines is 4. The second kappa shape index (κ2) is 13.0. The first kappa shape index (κ1) is 30.1. The van der Waals surface area contributed by atoms with E-state index in [4.69, 9.17) is 0 Å². The summed E-state index contributed by atoms with van der Waals surface area (Å²) in [7, 11) is 0. The van der Waals surface area contributed by atoms with Crippen LogP contribution in [-0.2, 0) is 6.42 Å². The Balaban J connectivity index is 1.16. The third-order valence-electron chi connectivity index (χ3n) is 7.87. The van der Waals surface area contributed by atoms with Gasteiger partial charge in [-0.15, -0.1) is 0 Å². The number of benzene rings is 4. The molecule has 0 spiro atoms. The Morgan fingerprint density at radius 1 is 0.778 bits per heavy atom. The quantitative estimate of drug-likeness (QED) is 0.190. The van der Waals surface area contributed by atoms with Gasteiger partial charge in [-0.05, 0) is 79.6 Å². The van der Waals surface area contributed by atoms with Crippen LogP contribution in [0.15, 0.2) is 91.0 Å². The Labute approximate surface area is 258 Å². The number of piperazine rings is 1. The summed E-state index contributed by atoms with van der Waals surface area (Å²) in [5.74, 6) is -3.49. The number of amides is 2. The molecule has 0 radical (unpaired) electrons. The number of nitrogens with one attached hydrogen (secondary N) is 1. The highest BCUT2D eigenvalue weighted by molar-refractivity contribution is 6.07. The summed E-state index contributed by atoms with van der Waals surface area (Å²) in [6, 6.07) is 22.0. The van der Waals surface area contributed by atoms with Gasteiger partial charge in [0.1, 0.15) is 23.3 Å². The van der Waals surface area contributed by atoms with Crippen molar-refractivity contribution in [3.05, 3.63) is 126 Å². The summed E-state index contributed by atoms with van der Waals surface area (Å²) in [6.45, 7) is 6.24. The third-order valence-corrected chi connectivity index (χ3v) is 7.87. The fourth-order valence-corrected chi connectivity index (χ4v) is 5.72. The zero-order valence-corrected chi connectivity index (χ0v) is 24.6. The monoisotopic (exact) mass is 613 g/mol. The number of nitrogens with zero attached hydrogens (tertiary/aromatic N) is 4. The molecule has 2 amide bonds. The van der Waals surface area contributed by atoms with E-state index in [0.29, 0.717) is 24.2 Å². The van der Waals surface area contributed by atoms with Crippen LogP contribution in [-0.4, -0.2) is 48.6 Å². The van der Waals surface area contributed by atoms with E-state index in [1.807, 2.05) is 31.2 Å². The fraction of sp³-hybridized carbons (Fsp3) is 0.200. The van der Waals surface area contributed by atoms with Gasteiger partial charge in [-0.25, -0.2) is 22.4 Å². The number of hydrogen-bond donors (Lipinski definition) is 1. The van der Waals surface area contributed by atoms with Crippen LogP contribution in [0.1, 0.15) is 11.3 Å². The normalized spacial score (nSPS) is 13.7. The third kappa shape index (κ3) is 7.07. The smallest absolute Gasteiger partial charge is 0.330 e. The molecular weight excluding hydrogens is 582 g/mol. The second-order valence-corrected chi connectivity index (χ2v) is 11.1. The molecule has 1 aliphatic heterocycles. The number of rotatable bonds is 7. The van der Waals surface area contributed by atoms with E-state index in [1.54, 1.807) is 18.2 Å². The fourth-order valence-electron chi connectivity index (χ4n) is 5.72. The molecule has 0 aliphatic carbocycles. The number of carbonyl (C=O) groups excluding carboxylic acids is 1. The maximum Gasteiger partial charge on any atom is 0.330 e. The average Bonchev–Trinajstić information content (AvgIpc) is 2.99. The van der Waals surface area contributed by atoms with E-state index in [9.17, 15) is 22.4 Å². The predicted octanol–water partition coefficient (Wildman–Crippen LogP) is 7.83. The minimum absolute atomic E-state index is 0.0751. The Kier molecular flexibility index (Phi) is 8.66. The maximum atomic E-state index is 14.2. The topological polar surface area (TPSA) is 51.7 Å². The van der Waals surface area contributed by atoms with E-state index in [-0.39, 0.29) is 11.4 Å². The lowest BCUT2D eigenvalue weighted by molar-refractivity contribution is 0.259. The lowest BCUT2D eigenvalue weighted by Crippen LogP contribution is -2.47. The standard InChI is InChI=1S/C35H31F4N5O/c1-23-8-9-32-33(40-23)6-3-7-34(32)43-14-12-42(13-15-43)11-10-24-4-2-5-30(16-24)44(31-21-27(38)18-28(39)22-31)35(45)41-29-19-25(36)17-26(37)20-29/h2-9,16-22H,10-15H2,1H3,(H,41,45). The second-order valence-electron chi connectivity index (χ2n) is 11.1. The van der Waals surface area contributed by atoms with Crippen molar-refractivity contribution in [1.82, 2.24) is 9.88 Å². The Hall–Kier alpha value is -4.96. The van der Waals surface area contributed by atoms with Gasteiger partial charge >= 0.3 is 6.03 Å². The summed E-state index contributed by atoms with van der Waals surface area (Å²) in [4.78, 5) is 23.9. The van der Waals surface area contributed by atoms with Crippen LogP contribution in [0, 0.1) is 30.2 Å². The van der Waals surface area contributed by atoms with Gasteiger partial charge in [-0.2, -0.15) is 0 Å². The van der Waals surface area contributed by atoms with E-state index in [2.05, 4.69) is 32.2 Å². The van der Waals surface area contributed by atoms with Crippen molar-refractivity contribution in [1.29, 1.82) is 0 Å². The summed E-state index contributed by atoms with van der Waals surface area (Å²) in [6.07, 6.45) is 0.674. The van der Waals surface area contributed by atoms with Gasteiger partial charge in [0.15, 0.2) is 0 Å². The van der Waals surface area contributed by atoms with Gasteiger partial charge < -0.3 is 10.2 Å². The van der Waals surface area contributed by atoms with Crippen LogP contribution in [0.3, 0.4) is 0 Å². The van der Waals surface area contributed by atoms with E-state index >= 15 is 0 Å². The van der Waals surface area contributed by atoms with Crippen molar-refractivity contribution in [2.45, 2.75) is 13.3 Å². The molecule has 0 atom stereocenters. The van der Waals surface area contributed by atoms with Crippen LogP contribution in [0.5, 0.6) is 0 Å². The SMILES string of the molecule is Cc1ccc2c(N3CCN(CCc4cccc(N(C(=O)Nc5cc(F)cc(F)c5)c5cc(F)cc(F)c5)c4)CC3)cccc2n1. The lowest BCUT2D eigenvalue weighted by Gasteiger charge is -2.36. The molecule has 45 heavy (non-hydrogen) atoms. The largest absolute Gasteiger partial charge is 0.368 e. The molecule has 6 nitrogen and oxygen atoms in total. The van der Waals surface area contributed by atoms with Crippen LogP contribution in [0.4, 0.5) is 45.1 Å². The first-order valence-corrected chi connectivity index (χ1v) is 14.7. The highest BCUT2D eigenvalue weighted by Crippen LogP contribution is 2.30. The van der Waals surface area contributed by atoms with Crippen LogP contribution >= 0.6 is 0 Å². The van der Waals surface area contributed by atoms with E-state index in [0.717, 1.165) is 84.0 Å². The maximum absolute atomic E-state index is 14.2. The molecule has 10 heteroatoms. The lowest BCUT2D eigenvalue weighted by atomic mass is 10.1. The molecular formula is C35H31F4N5O. The van der Waals surface area contributed by atoms with Crippen LogP contribution in [0.25, 0.3) is 10.9 Å². The highest BCUT2D eigenvalue weighted by Gasteiger charge is 2.22. The molecule has 0 saturated carbocycles. The Bertz CT molecular complexity index is 1820. The average molecular weight is 614 g/mol. The number of urea groups is 1. The zero-order valence-electron chi connectivity index (χ0n) is 24.6.